The van der Waals surface area contributed by atoms with Gasteiger partial charge in [0.1, 0.15) is 23.7 Å². The van der Waals surface area contributed by atoms with E-state index in [2.05, 4.69) is 10.7 Å². The summed E-state index contributed by atoms with van der Waals surface area (Å²) in [6.45, 7) is 0.156. The predicted octanol–water partition coefficient (Wildman–Crippen LogP) is 2.76. The number of amides is 4. The Balaban J connectivity index is 1.38. The molecule has 4 amide bonds. The van der Waals surface area contributed by atoms with Gasteiger partial charge in [-0.1, -0.05) is 37.5 Å². The first-order valence-corrected chi connectivity index (χ1v) is 9.32. The van der Waals surface area contributed by atoms with Crippen molar-refractivity contribution in [2.45, 2.75) is 44.2 Å². The van der Waals surface area contributed by atoms with Crippen molar-refractivity contribution in [1.82, 2.24) is 15.8 Å². The number of carbonyl (C=O) groups is 3. The summed E-state index contributed by atoms with van der Waals surface area (Å²) in [4.78, 5) is 37.4. The highest BCUT2D eigenvalue weighted by Gasteiger charge is 2.52. The van der Waals surface area contributed by atoms with E-state index in [1.165, 1.54) is 6.07 Å². The van der Waals surface area contributed by atoms with Gasteiger partial charge in [-0.15, -0.1) is 0 Å². The van der Waals surface area contributed by atoms with Gasteiger partial charge < -0.3 is 14.5 Å². The summed E-state index contributed by atoms with van der Waals surface area (Å²) in [5.74, 6) is 0.0564. The van der Waals surface area contributed by atoms with E-state index in [9.17, 15) is 14.4 Å². The van der Waals surface area contributed by atoms with E-state index in [1.807, 2.05) is 30.3 Å². The maximum Gasteiger partial charge on any atom is 0.344 e. The number of para-hydroxylation sites is 1. The molecule has 2 heterocycles. The van der Waals surface area contributed by atoms with Gasteiger partial charge in [0, 0.05) is 0 Å². The molecule has 8 nitrogen and oxygen atoms in total. The lowest BCUT2D eigenvalue weighted by atomic mass is 9.82. The molecule has 1 aromatic heterocycles. The highest BCUT2D eigenvalue weighted by Crippen LogP contribution is 2.33. The standard InChI is InChI=1S/C20H21N3O5/c24-17(16-10-9-15(28-16)13-27-14-7-3-1-4-8-14)22-23-18(25)20(21-19(23)26)11-5-2-6-12-20/h1,3-4,7-10H,2,5-6,11-13H2,(H,21,26)(H,22,24). The molecule has 1 spiro atoms. The minimum absolute atomic E-state index is 0.00291. The van der Waals surface area contributed by atoms with Crippen LogP contribution in [-0.4, -0.2) is 28.4 Å². The maximum absolute atomic E-state index is 12.7. The molecule has 0 atom stereocenters. The Bertz CT molecular complexity index is 886. The minimum Gasteiger partial charge on any atom is -0.486 e. The zero-order valence-corrected chi connectivity index (χ0v) is 15.3. The van der Waals surface area contributed by atoms with Gasteiger partial charge in [0.25, 0.3) is 5.91 Å². The number of benzene rings is 1. The smallest absolute Gasteiger partial charge is 0.344 e. The van der Waals surface area contributed by atoms with Gasteiger partial charge in [0.15, 0.2) is 5.76 Å². The number of nitrogens with zero attached hydrogens (tertiary/aromatic N) is 1. The van der Waals surface area contributed by atoms with Gasteiger partial charge in [-0.3, -0.25) is 9.59 Å². The summed E-state index contributed by atoms with van der Waals surface area (Å²) in [5.41, 5.74) is 1.46. The van der Waals surface area contributed by atoms with Crippen LogP contribution in [0.15, 0.2) is 46.9 Å². The number of urea groups is 1. The van der Waals surface area contributed by atoms with Crippen LogP contribution >= 0.6 is 0 Å². The van der Waals surface area contributed by atoms with Gasteiger partial charge in [-0.25, -0.2) is 10.2 Å². The fraction of sp³-hybridized carbons (Fsp3) is 0.350. The van der Waals surface area contributed by atoms with Crippen molar-refractivity contribution in [3.63, 3.8) is 0 Å². The minimum atomic E-state index is -0.888. The first-order valence-electron chi connectivity index (χ1n) is 9.32. The Morgan fingerprint density at radius 2 is 1.86 bits per heavy atom. The number of rotatable bonds is 5. The number of hydrogen-bond acceptors (Lipinski definition) is 5. The molecule has 2 fully saturated rings. The molecule has 28 heavy (non-hydrogen) atoms. The third-order valence-electron chi connectivity index (χ3n) is 5.09. The summed E-state index contributed by atoms with van der Waals surface area (Å²) < 4.78 is 11.1. The van der Waals surface area contributed by atoms with Gasteiger partial charge in [-0.05, 0) is 37.1 Å². The molecule has 2 aromatic rings. The molecule has 1 saturated carbocycles. The third-order valence-corrected chi connectivity index (χ3v) is 5.09. The molecule has 146 valence electrons. The second kappa shape index (κ2) is 7.38. The lowest BCUT2D eigenvalue weighted by molar-refractivity contribution is -0.134. The van der Waals surface area contributed by atoms with Crippen LogP contribution in [0.4, 0.5) is 4.79 Å². The molecule has 4 rings (SSSR count). The van der Waals surface area contributed by atoms with E-state index >= 15 is 0 Å². The predicted molar refractivity (Wildman–Crippen MR) is 98.1 cm³/mol. The normalized spacial score (nSPS) is 18.2. The van der Waals surface area contributed by atoms with E-state index in [0.29, 0.717) is 24.4 Å². The van der Waals surface area contributed by atoms with E-state index in [-0.39, 0.29) is 12.4 Å². The second-order valence-electron chi connectivity index (χ2n) is 7.02. The van der Waals surface area contributed by atoms with E-state index in [1.54, 1.807) is 6.07 Å². The molecular formula is C20H21N3O5. The maximum atomic E-state index is 12.7. The molecule has 1 aromatic carbocycles. The van der Waals surface area contributed by atoms with Crippen molar-refractivity contribution >= 4 is 17.8 Å². The van der Waals surface area contributed by atoms with Crippen LogP contribution in [0.5, 0.6) is 5.75 Å². The lowest BCUT2D eigenvalue weighted by Crippen LogP contribution is -2.50. The van der Waals surface area contributed by atoms with Gasteiger partial charge in [0.2, 0.25) is 0 Å². The quantitative estimate of drug-likeness (QED) is 0.773. The highest BCUT2D eigenvalue weighted by molar-refractivity contribution is 6.09. The average molecular weight is 383 g/mol. The van der Waals surface area contributed by atoms with Crippen molar-refractivity contribution in [2.24, 2.45) is 0 Å². The fourth-order valence-electron chi connectivity index (χ4n) is 3.62. The first kappa shape index (κ1) is 18.1. The van der Waals surface area contributed by atoms with Crippen LogP contribution in [0.25, 0.3) is 0 Å². The summed E-state index contributed by atoms with van der Waals surface area (Å²) >= 11 is 0. The van der Waals surface area contributed by atoms with Gasteiger partial charge in [-0.2, -0.15) is 5.01 Å². The van der Waals surface area contributed by atoms with E-state index < -0.39 is 23.4 Å². The third kappa shape index (κ3) is 3.45. The van der Waals surface area contributed by atoms with Crippen LogP contribution in [0.2, 0.25) is 0 Å². The molecule has 0 bridgehead atoms. The molecule has 2 aliphatic rings. The largest absolute Gasteiger partial charge is 0.486 e. The van der Waals surface area contributed by atoms with E-state index in [4.69, 9.17) is 9.15 Å². The summed E-state index contributed by atoms with van der Waals surface area (Å²) in [7, 11) is 0. The van der Waals surface area contributed by atoms with E-state index in [0.717, 1.165) is 24.3 Å². The summed E-state index contributed by atoms with van der Waals surface area (Å²) in [5, 5.41) is 3.50. The van der Waals surface area contributed by atoms with Crippen molar-refractivity contribution in [2.75, 3.05) is 0 Å². The Kier molecular flexibility index (Phi) is 4.77. The van der Waals surface area contributed by atoms with Gasteiger partial charge in [0.05, 0.1) is 0 Å². The Morgan fingerprint density at radius 3 is 2.61 bits per heavy atom. The number of hydrazine groups is 1. The number of ether oxygens (including phenoxy) is 1. The monoisotopic (exact) mass is 383 g/mol. The van der Waals surface area contributed by atoms with Crippen molar-refractivity contribution in [1.29, 1.82) is 0 Å². The zero-order valence-electron chi connectivity index (χ0n) is 15.3. The molecule has 2 N–H and O–H groups in total. The number of nitrogens with one attached hydrogen (secondary N) is 2. The number of furan rings is 1. The fourth-order valence-corrected chi connectivity index (χ4v) is 3.62. The topological polar surface area (TPSA) is 101 Å². The SMILES string of the molecule is O=C(NN1C(=O)NC2(CCCCC2)C1=O)c1ccc(COc2ccccc2)o1. The average Bonchev–Trinajstić information content (AvgIpc) is 3.27. The first-order chi connectivity index (χ1) is 13.6. The molecule has 8 heteroatoms. The van der Waals surface area contributed by atoms with Crippen LogP contribution in [0.3, 0.4) is 0 Å². The van der Waals surface area contributed by atoms with Crippen LogP contribution in [-0.2, 0) is 11.4 Å². The Morgan fingerprint density at radius 1 is 1.11 bits per heavy atom. The molecule has 1 saturated heterocycles. The van der Waals surface area contributed by atoms with Crippen molar-refractivity contribution < 1.29 is 23.5 Å². The van der Waals surface area contributed by atoms with Gasteiger partial charge >= 0.3 is 11.9 Å². The molecule has 0 radical (unpaired) electrons. The Labute approximate surface area is 161 Å². The lowest BCUT2D eigenvalue weighted by Gasteiger charge is -2.30. The molecular weight excluding hydrogens is 362 g/mol. The zero-order chi connectivity index (χ0) is 19.6. The summed E-state index contributed by atoms with van der Waals surface area (Å²) in [6.07, 6.45) is 3.96. The van der Waals surface area contributed by atoms with Crippen molar-refractivity contribution in [3.8, 4) is 5.75 Å². The van der Waals surface area contributed by atoms with Crippen molar-refractivity contribution in [3.05, 3.63) is 54.0 Å². The molecule has 1 aliphatic heterocycles. The second-order valence-corrected chi connectivity index (χ2v) is 7.02. The Hall–Kier alpha value is -3.29. The highest BCUT2D eigenvalue weighted by atomic mass is 16.5. The van der Waals surface area contributed by atoms with Crippen LogP contribution in [0, 0.1) is 0 Å². The van der Waals surface area contributed by atoms with Crippen LogP contribution in [0.1, 0.15) is 48.4 Å². The number of hydrogen-bond donors (Lipinski definition) is 2. The number of carbonyl (C=O) groups excluding carboxylic acids is 3. The number of imide groups is 1. The summed E-state index contributed by atoms with van der Waals surface area (Å²) in [6, 6.07) is 11.7. The van der Waals surface area contributed by atoms with Crippen LogP contribution < -0.4 is 15.5 Å². The molecule has 0 unspecified atom stereocenters. The molecule has 1 aliphatic carbocycles.